The highest BCUT2D eigenvalue weighted by molar-refractivity contribution is 5.98. The van der Waals surface area contributed by atoms with E-state index in [9.17, 15) is 33.6 Å². The van der Waals surface area contributed by atoms with Gasteiger partial charge in [0.25, 0.3) is 0 Å². The number of nitrogens with two attached hydrogens (primary N) is 4. The molecule has 1 heterocycles. The predicted octanol–water partition coefficient (Wildman–Crippen LogP) is 1.94. The number of hydrogen-bond acceptors (Lipinski definition) is 9. The second-order valence-corrected chi connectivity index (χ2v) is 19.3. The lowest BCUT2D eigenvalue weighted by Crippen LogP contribution is -2.60. The third kappa shape index (κ3) is 18.7. The predicted molar refractivity (Wildman–Crippen MR) is 288 cm³/mol. The molecule has 20 heteroatoms. The van der Waals surface area contributed by atoms with E-state index in [2.05, 4.69) is 47.2 Å². The second kappa shape index (κ2) is 29.1. The SMILES string of the molecule is CCCCCCC1NC(=O)[C@H](Cc2ccc3ccccc3c2)NC(=O)[C@H](CCCN=C(N)N)NC(=O)[C@H](CC(C)C)NC(=O)CNC(=O)[C@H](Cc2ccc3ccccc3c2)NC(=O)[C@H](CCCN=C(N)N)NC1=O. The topological polar surface area (TPSA) is 332 Å². The van der Waals surface area contributed by atoms with Gasteiger partial charge in [-0.25, -0.2) is 0 Å². The molecule has 4 aromatic rings. The first-order valence-electron chi connectivity index (χ1n) is 25.6. The van der Waals surface area contributed by atoms with Gasteiger partial charge in [0.1, 0.15) is 36.3 Å². The van der Waals surface area contributed by atoms with Gasteiger partial charge in [-0.2, -0.15) is 0 Å². The van der Waals surface area contributed by atoms with Gasteiger partial charge in [-0.1, -0.05) is 131 Å². The monoisotopic (exact) mass is 1020 g/mol. The minimum atomic E-state index is -1.28. The van der Waals surface area contributed by atoms with Gasteiger partial charge >= 0.3 is 0 Å². The molecule has 5 rings (SSSR count). The molecule has 6 atom stereocenters. The number of fused-ring (bicyclic) bond motifs is 2. The van der Waals surface area contributed by atoms with Crippen LogP contribution in [-0.2, 0) is 46.4 Å². The Labute approximate surface area is 432 Å². The van der Waals surface area contributed by atoms with E-state index in [0.717, 1.165) is 40.8 Å². The standard InChI is InChI=1S/C54H75N13O7/c1-4-5-6-7-18-40-48(70)63-41(19-12-25-59-53(55)56)49(71)66-44(30-34-21-23-36-14-8-10-16-38(36)28-34)47(69)61-32-46(68)62-43(27-33(2)3)51(73)65-42(20-13-26-60-54(57)58)50(72)67-45(52(74)64-40)31-35-22-24-37-15-9-11-17-39(37)29-35/h8-11,14-17,21-24,28-29,33,40-45H,4-7,12-13,18-20,25-27,30-32H2,1-3H3,(H,61,69)(H,62,68)(H,63,70)(H,64,74)(H,65,73)(H,66,71)(H,67,72)(H4,55,56,59)(H4,57,58,60)/t40?,41-,42-,43-,44-,45-/m0/s1. The van der Waals surface area contributed by atoms with Crippen molar-refractivity contribution in [3.05, 3.63) is 96.1 Å². The number of benzene rings is 4. The van der Waals surface area contributed by atoms with Crippen LogP contribution in [0.2, 0.25) is 0 Å². The molecule has 0 radical (unpaired) electrons. The van der Waals surface area contributed by atoms with Crippen molar-refractivity contribution in [3.8, 4) is 0 Å². The van der Waals surface area contributed by atoms with Crippen molar-refractivity contribution >= 4 is 74.8 Å². The van der Waals surface area contributed by atoms with Crippen molar-refractivity contribution in [2.75, 3.05) is 19.6 Å². The molecule has 0 aliphatic carbocycles. The number of carbonyl (C=O) groups excluding carboxylic acids is 7. The van der Waals surface area contributed by atoms with Crippen molar-refractivity contribution in [2.24, 2.45) is 38.8 Å². The number of unbranched alkanes of at least 4 members (excludes halogenated alkanes) is 3. The summed E-state index contributed by atoms with van der Waals surface area (Å²) in [5.74, 6) is -5.32. The Balaban J connectivity index is 1.58. The summed E-state index contributed by atoms with van der Waals surface area (Å²) in [6.07, 6.45) is 3.93. The van der Waals surface area contributed by atoms with Gasteiger partial charge in [-0.15, -0.1) is 0 Å². The van der Waals surface area contributed by atoms with E-state index in [4.69, 9.17) is 22.9 Å². The zero-order valence-electron chi connectivity index (χ0n) is 42.8. The van der Waals surface area contributed by atoms with Gasteiger partial charge in [0.15, 0.2) is 11.9 Å². The molecule has 20 nitrogen and oxygen atoms in total. The smallest absolute Gasteiger partial charge is 0.243 e. The highest BCUT2D eigenvalue weighted by Crippen LogP contribution is 2.20. The summed E-state index contributed by atoms with van der Waals surface area (Å²) in [5, 5.41) is 23.4. The number of hydrogen-bond donors (Lipinski definition) is 11. The van der Waals surface area contributed by atoms with Crippen LogP contribution in [0.1, 0.15) is 96.1 Å². The van der Waals surface area contributed by atoms with Gasteiger partial charge in [-0.05, 0) is 77.1 Å². The number of nitrogens with one attached hydrogen (secondary N) is 7. The zero-order chi connectivity index (χ0) is 53.6. The molecule has 0 spiro atoms. The van der Waals surface area contributed by atoms with E-state index in [0.29, 0.717) is 17.5 Å². The van der Waals surface area contributed by atoms with E-state index in [1.807, 2.05) is 106 Å². The van der Waals surface area contributed by atoms with Crippen molar-refractivity contribution in [1.29, 1.82) is 0 Å². The minimum Gasteiger partial charge on any atom is -0.370 e. The lowest BCUT2D eigenvalue weighted by atomic mass is 9.99. The molecule has 0 saturated carbocycles. The summed E-state index contributed by atoms with van der Waals surface area (Å²) in [6.45, 7) is 5.44. The Kier molecular flexibility index (Phi) is 22.4. The quantitative estimate of drug-likeness (QED) is 0.0366. The molecular weight excluding hydrogens is 943 g/mol. The zero-order valence-corrected chi connectivity index (χ0v) is 42.8. The van der Waals surface area contributed by atoms with E-state index in [1.54, 1.807) is 0 Å². The number of guanidine groups is 2. The molecule has 1 fully saturated rings. The Hall–Kier alpha value is -7.77. The van der Waals surface area contributed by atoms with Gasteiger partial charge in [-0.3, -0.25) is 43.5 Å². The molecule has 1 unspecified atom stereocenters. The molecule has 0 aromatic heterocycles. The Morgan fingerprint density at radius 3 is 1.34 bits per heavy atom. The summed E-state index contributed by atoms with van der Waals surface area (Å²) >= 11 is 0. The van der Waals surface area contributed by atoms with Crippen LogP contribution in [0, 0.1) is 5.92 Å². The van der Waals surface area contributed by atoms with Gasteiger partial charge in [0.05, 0.1) is 6.54 Å². The van der Waals surface area contributed by atoms with Crippen molar-refractivity contribution in [2.45, 2.75) is 134 Å². The summed E-state index contributed by atoms with van der Waals surface area (Å²) in [7, 11) is 0. The fourth-order valence-electron chi connectivity index (χ4n) is 8.81. The third-order valence-electron chi connectivity index (χ3n) is 12.7. The molecule has 0 bridgehead atoms. The van der Waals surface area contributed by atoms with Crippen molar-refractivity contribution in [3.63, 3.8) is 0 Å². The Morgan fingerprint density at radius 1 is 0.486 bits per heavy atom. The average molecular weight is 1020 g/mol. The van der Waals surface area contributed by atoms with E-state index in [-0.39, 0.29) is 82.3 Å². The number of aliphatic imine (C=N–C) groups is 2. The van der Waals surface area contributed by atoms with Crippen LogP contribution in [-0.4, -0.2) is 109 Å². The number of nitrogens with zero attached hydrogens (tertiary/aromatic N) is 2. The summed E-state index contributed by atoms with van der Waals surface area (Å²) in [5.41, 5.74) is 23.8. The van der Waals surface area contributed by atoms with Crippen LogP contribution in [0.4, 0.5) is 0 Å². The van der Waals surface area contributed by atoms with Crippen LogP contribution in [0.5, 0.6) is 0 Å². The fourth-order valence-corrected chi connectivity index (χ4v) is 8.81. The molecule has 15 N–H and O–H groups in total. The number of rotatable bonds is 19. The van der Waals surface area contributed by atoms with Crippen LogP contribution >= 0.6 is 0 Å². The van der Waals surface area contributed by atoms with Crippen molar-refractivity contribution in [1.82, 2.24) is 37.2 Å². The summed E-state index contributed by atoms with van der Waals surface area (Å²) in [6, 6.07) is 19.3. The first-order chi connectivity index (χ1) is 35.5. The highest BCUT2D eigenvalue weighted by atomic mass is 16.2. The van der Waals surface area contributed by atoms with Crippen LogP contribution in [0.3, 0.4) is 0 Å². The van der Waals surface area contributed by atoms with Crippen LogP contribution in [0.25, 0.3) is 21.5 Å². The first kappa shape index (κ1) is 57.1. The molecule has 4 aromatic carbocycles. The highest BCUT2D eigenvalue weighted by Gasteiger charge is 2.34. The van der Waals surface area contributed by atoms with Crippen LogP contribution in [0.15, 0.2) is 94.9 Å². The second-order valence-electron chi connectivity index (χ2n) is 19.3. The van der Waals surface area contributed by atoms with Crippen LogP contribution < -0.4 is 60.2 Å². The largest absolute Gasteiger partial charge is 0.370 e. The molecule has 398 valence electrons. The minimum absolute atomic E-state index is 0.00260. The Morgan fingerprint density at radius 2 is 0.892 bits per heavy atom. The average Bonchev–Trinajstić information content (AvgIpc) is 3.36. The lowest BCUT2D eigenvalue weighted by molar-refractivity contribution is -0.135. The number of carbonyl (C=O) groups is 7. The normalized spacial score (nSPS) is 20.7. The van der Waals surface area contributed by atoms with Gasteiger partial charge in [0, 0.05) is 25.9 Å². The molecule has 1 aliphatic rings. The lowest BCUT2D eigenvalue weighted by Gasteiger charge is -2.28. The van der Waals surface area contributed by atoms with E-state index in [1.165, 1.54) is 0 Å². The maximum atomic E-state index is 14.8. The third-order valence-corrected chi connectivity index (χ3v) is 12.7. The number of amides is 7. The molecular formula is C54H75N13O7. The maximum absolute atomic E-state index is 14.8. The molecule has 7 amide bonds. The molecule has 74 heavy (non-hydrogen) atoms. The first-order valence-corrected chi connectivity index (χ1v) is 25.6. The summed E-state index contributed by atoms with van der Waals surface area (Å²) < 4.78 is 0. The molecule has 1 aliphatic heterocycles. The summed E-state index contributed by atoms with van der Waals surface area (Å²) in [4.78, 5) is 109. The molecule has 1 saturated heterocycles. The fraction of sp³-hybridized carbons (Fsp3) is 0.463. The van der Waals surface area contributed by atoms with Gasteiger partial charge in [0.2, 0.25) is 41.4 Å². The maximum Gasteiger partial charge on any atom is 0.243 e. The van der Waals surface area contributed by atoms with Gasteiger partial charge < -0.3 is 60.2 Å². The van der Waals surface area contributed by atoms with Crippen molar-refractivity contribution < 1.29 is 33.6 Å². The van der Waals surface area contributed by atoms with E-state index < -0.39 is 84.1 Å². The Bertz CT molecular complexity index is 2630. The van der Waals surface area contributed by atoms with E-state index >= 15 is 0 Å².